The topological polar surface area (TPSA) is 92.4 Å². The highest BCUT2D eigenvalue weighted by molar-refractivity contribution is 7.93. The van der Waals surface area contributed by atoms with Gasteiger partial charge in [-0.05, 0) is 32.9 Å². The van der Waals surface area contributed by atoms with Gasteiger partial charge < -0.3 is 4.74 Å². The van der Waals surface area contributed by atoms with Crippen molar-refractivity contribution in [2.45, 2.75) is 25.7 Å². The Kier molecular flexibility index (Phi) is 4.74. The van der Waals surface area contributed by atoms with E-state index in [4.69, 9.17) is 0 Å². The predicted molar refractivity (Wildman–Crippen MR) is 85.8 cm³/mol. The summed E-state index contributed by atoms with van der Waals surface area (Å²) in [6, 6.07) is 6.87. The Labute approximate surface area is 135 Å². The number of nitrogens with zero attached hydrogens (tertiary/aromatic N) is 2. The summed E-state index contributed by atoms with van der Waals surface area (Å²) in [4.78, 5) is 11.8. The van der Waals surface area contributed by atoms with Crippen molar-refractivity contribution in [3.63, 3.8) is 0 Å². The van der Waals surface area contributed by atoms with E-state index in [9.17, 15) is 13.2 Å². The Morgan fingerprint density at radius 3 is 2.30 bits per heavy atom. The number of esters is 1. The molecule has 0 unspecified atom stereocenters. The van der Waals surface area contributed by atoms with Crippen LogP contribution in [0.3, 0.4) is 0 Å². The minimum Gasteiger partial charge on any atom is -0.468 e. The number of carbonyl (C=O) groups excluding carboxylic acids is 1. The van der Waals surface area contributed by atoms with Gasteiger partial charge in [0.1, 0.15) is 11.4 Å². The fourth-order valence-electron chi connectivity index (χ4n) is 2.24. The SMILES string of the molecule is COC(=O)CN(c1ccc(C)cc1)S(=O)(=O)c1c(C)n[nH]c1C. The summed E-state index contributed by atoms with van der Waals surface area (Å²) in [7, 11) is -2.73. The van der Waals surface area contributed by atoms with Crippen molar-refractivity contribution >= 4 is 21.7 Å². The van der Waals surface area contributed by atoms with Crippen molar-refractivity contribution in [2.75, 3.05) is 18.0 Å². The van der Waals surface area contributed by atoms with E-state index < -0.39 is 22.5 Å². The van der Waals surface area contributed by atoms with Crippen molar-refractivity contribution in [1.29, 1.82) is 0 Å². The molecule has 1 N–H and O–H groups in total. The monoisotopic (exact) mass is 337 g/mol. The first-order valence-corrected chi connectivity index (χ1v) is 8.39. The zero-order valence-electron chi connectivity index (χ0n) is 13.5. The summed E-state index contributed by atoms with van der Waals surface area (Å²) >= 11 is 0. The minimum atomic E-state index is -3.95. The molecule has 0 bridgehead atoms. The third-order valence-corrected chi connectivity index (χ3v) is 5.47. The highest BCUT2D eigenvalue weighted by atomic mass is 32.2. The van der Waals surface area contributed by atoms with Crippen molar-refractivity contribution in [3.05, 3.63) is 41.2 Å². The summed E-state index contributed by atoms with van der Waals surface area (Å²) in [5, 5.41) is 6.58. The quantitative estimate of drug-likeness (QED) is 0.838. The molecule has 124 valence electrons. The maximum absolute atomic E-state index is 13.0. The Morgan fingerprint density at radius 2 is 1.83 bits per heavy atom. The van der Waals surface area contributed by atoms with Crippen molar-refractivity contribution in [1.82, 2.24) is 10.2 Å². The van der Waals surface area contributed by atoms with Gasteiger partial charge in [0.25, 0.3) is 10.0 Å². The molecular formula is C15H19N3O4S. The van der Waals surface area contributed by atoms with Crippen LogP contribution >= 0.6 is 0 Å². The fourth-order valence-corrected chi connectivity index (χ4v) is 3.99. The molecule has 1 aromatic heterocycles. The van der Waals surface area contributed by atoms with Crippen LogP contribution in [0.15, 0.2) is 29.2 Å². The summed E-state index contributed by atoms with van der Waals surface area (Å²) in [5.41, 5.74) is 2.15. The number of nitrogens with one attached hydrogen (secondary N) is 1. The number of aromatic nitrogens is 2. The minimum absolute atomic E-state index is 0.0713. The maximum Gasteiger partial charge on any atom is 0.326 e. The number of methoxy groups -OCH3 is 1. The molecule has 1 heterocycles. The van der Waals surface area contributed by atoms with Gasteiger partial charge in [0.2, 0.25) is 0 Å². The number of rotatable bonds is 5. The van der Waals surface area contributed by atoms with Gasteiger partial charge in [-0.25, -0.2) is 8.42 Å². The summed E-state index contributed by atoms with van der Waals surface area (Å²) in [5.74, 6) is -0.645. The number of aromatic amines is 1. The van der Waals surface area contributed by atoms with Gasteiger partial charge in [-0.2, -0.15) is 5.10 Å². The molecular weight excluding hydrogens is 318 g/mol. The lowest BCUT2D eigenvalue weighted by atomic mass is 10.2. The molecule has 8 heteroatoms. The summed E-state index contributed by atoms with van der Waals surface area (Å²) < 4.78 is 31.7. The average Bonchev–Trinajstić information content (AvgIpc) is 2.85. The molecule has 0 aliphatic carbocycles. The third-order valence-electron chi connectivity index (χ3n) is 3.43. The molecule has 0 aliphatic heterocycles. The van der Waals surface area contributed by atoms with Gasteiger partial charge in [0, 0.05) is 0 Å². The molecule has 0 atom stereocenters. The van der Waals surface area contributed by atoms with Gasteiger partial charge >= 0.3 is 5.97 Å². The van der Waals surface area contributed by atoms with Crippen LogP contribution in [0, 0.1) is 20.8 Å². The second-order valence-corrected chi connectivity index (χ2v) is 6.99. The lowest BCUT2D eigenvalue weighted by molar-refractivity contribution is -0.138. The first-order chi connectivity index (χ1) is 10.8. The molecule has 0 aliphatic rings. The van der Waals surface area contributed by atoms with Crippen LogP contribution in [0.1, 0.15) is 17.0 Å². The molecule has 1 aromatic carbocycles. The Hall–Kier alpha value is -2.35. The number of sulfonamides is 1. The predicted octanol–water partition coefficient (Wildman–Crippen LogP) is 1.70. The average molecular weight is 337 g/mol. The first kappa shape index (κ1) is 17.0. The van der Waals surface area contributed by atoms with Crippen molar-refractivity contribution in [3.8, 4) is 0 Å². The molecule has 0 saturated heterocycles. The van der Waals surface area contributed by atoms with Crippen LogP contribution in [0.5, 0.6) is 0 Å². The zero-order valence-corrected chi connectivity index (χ0v) is 14.3. The number of benzene rings is 1. The normalized spacial score (nSPS) is 11.3. The number of aryl methyl sites for hydroxylation is 3. The number of anilines is 1. The molecule has 7 nitrogen and oxygen atoms in total. The standard InChI is InChI=1S/C15H19N3O4S/c1-10-5-7-13(8-6-10)18(9-14(19)22-4)23(20,21)15-11(2)16-17-12(15)3/h5-8H,9H2,1-4H3,(H,16,17). The zero-order chi connectivity index (χ0) is 17.2. The van der Waals surface area contributed by atoms with E-state index in [0.29, 0.717) is 17.1 Å². The highest BCUT2D eigenvalue weighted by Gasteiger charge is 2.31. The van der Waals surface area contributed by atoms with Crippen molar-refractivity contribution in [2.24, 2.45) is 0 Å². The van der Waals surface area contributed by atoms with E-state index in [1.165, 1.54) is 7.11 Å². The summed E-state index contributed by atoms with van der Waals surface area (Å²) in [6.45, 7) is 4.71. The lowest BCUT2D eigenvalue weighted by Crippen LogP contribution is -2.36. The highest BCUT2D eigenvalue weighted by Crippen LogP contribution is 2.27. The van der Waals surface area contributed by atoms with E-state index in [1.54, 1.807) is 38.1 Å². The summed E-state index contributed by atoms with van der Waals surface area (Å²) in [6.07, 6.45) is 0. The van der Waals surface area contributed by atoms with Crippen LogP contribution in [0.2, 0.25) is 0 Å². The van der Waals surface area contributed by atoms with E-state index in [1.807, 2.05) is 6.92 Å². The molecule has 0 fully saturated rings. The first-order valence-electron chi connectivity index (χ1n) is 6.95. The molecule has 0 spiro atoms. The van der Waals surface area contributed by atoms with Gasteiger partial charge in [0.15, 0.2) is 0 Å². The second kappa shape index (κ2) is 6.41. The second-order valence-electron chi connectivity index (χ2n) is 5.19. The van der Waals surface area contributed by atoms with Crippen LogP contribution in [-0.2, 0) is 19.6 Å². The molecule has 0 amide bonds. The number of H-pyrrole nitrogens is 1. The lowest BCUT2D eigenvalue weighted by Gasteiger charge is -2.23. The van der Waals surface area contributed by atoms with Crippen molar-refractivity contribution < 1.29 is 17.9 Å². The van der Waals surface area contributed by atoms with E-state index in [2.05, 4.69) is 14.9 Å². The molecule has 2 rings (SSSR count). The van der Waals surface area contributed by atoms with E-state index >= 15 is 0 Å². The van der Waals surface area contributed by atoms with Gasteiger partial charge in [0.05, 0.1) is 24.2 Å². The molecule has 0 saturated carbocycles. The van der Waals surface area contributed by atoms with Gasteiger partial charge in [-0.1, -0.05) is 17.7 Å². The van der Waals surface area contributed by atoms with E-state index in [0.717, 1.165) is 9.87 Å². The number of hydrogen-bond acceptors (Lipinski definition) is 5. The largest absolute Gasteiger partial charge is 0.468 e. The molecule has 0 radical (unpaired) electrons. The number of ether oxygens (including phenoxy) is 1. The fraction of sp³-hybridized carbons (Fsp3) is 0.333. The Bertz CT molecular complexity index is 790. The third kappa shape index (κ3) is 3.37. The smallest absolute Gasteiger partial charge is 0.326 e. The van der Waals surface area contributed by atoms with Crippen LogP contribution in [0.4, 0.5) is 5.69 Å². The van der Waals surface area contributed by atoms with E-state index in [-0.39, 0.29) is 4.90 Å². The van der Waals surface area contributed by atoms with Crippen LogP contribution in [-0.4, -0.2) is 38.2 Å². The Morgan fingerprint density at radius 1 is 1.22 bits per heavy atom. The van der Waals surface area contributed by atoms with Gasteiger partial charge in [-0.15, -0.1) is 0 Å². The van der Waals surface area contributed by atoms with Gasteiger partial charge in [-0.3, -0.25) is 14.2 Å². The Balaban J connectivity index is 2.57. The molecule has 23 heavy (non-hydrogen) atoms. The van der Waals surface area contributed by atoms with Crippen LogP contribution in [0.25, 0.3) is 0 Å². The maximum atomic E-state index is 13.0. The number of carbonyl (C=O) groups is 1. The number of hydrogen-bond donors (Lipinski definition) is 1. The van der Waals surface area contributed by atoms with Crippen LogP contribution < -0.4 is 4.31 Å². The molecule has 2 aromatic rings.